The van der Waals surface area contributed by atoms with Gasteiger partial charge in [0.2, 0.25) is 0 Å². The standard InChI is InChI=1S/C14H13NO4/c1-8-4-2-3-5-10(8)15-14(19)9-6-11(16)13(18)12(17)7-9/h2-7,16-18H,1H3,(H,15,19). The predicted octanol–water partition coefficient (Wildman–Crippen LogP) is 2.36. The fourth-order valence-electron chi connectivity index (χ4n) is 1.64. The van der Waals surface area contributed by atoms with Crippen LogP contribution in [0.25, 0.3) is 0 Å². The third-order valence-electron chi connectivity index (χ3n) is 2.73. The van der Waals surface area contributed by atoms with Crippen molar-refractivity contribution in [3.63, 3.8) is 0 Å². The first kappa shape index (κ1) is 12.8. The maximum Gasteiger partial charge on any atom is 0.255 e. The number of rotatable bonds is 2. The van der Waals surface area contributed by atoms with Crippen molar-refractivity contribution in [2.24, 2.45) is 0 Å². The summed E-state index contributed by atoms with van der Waals surface area (Å²) >= 11 is 0. The highest BCUT2D eigenvalue weighted by Gasteiger charge is 2.14. The Labute approximate surface area is 109 Å². The molecule has 0 aliphatic heterocycles. The molecule has 5 nitrogen and oxygen atoms in total. The van der Waals surface area contributed by atoms with Crippen LogP contribution in [0.5, 0.6) is 17.2 Å². The summed E-state index contributed by atoms with van der Waals surface area (Å²) in [4.78, 5) is 12.0. The number of benzene rings is 2. The molecule has 0 fully saturated rings. The number of anilines is 1. The van der Waals surface area contributed by atoms with Crippen LogP contribution in [0.3, 0.4) is 0 Å². The summed E-state index contributed by atoms with van der Waals surface area (Å²) in [6.07, 6.45) is 0. The number of amides is 1. The molecular weight excluding hydrogens is 246 g/mol. The highest BCUT2D eigenvalue weighted by molar-refractivity contribution is 6.05. The molecule has 2 aromatic rings. The third-order valence-corrected chi connectivity index (χ3v) is 2.73. The zero-order valence-electron chi connectivity index (χ0n) is 10.2. The largest absolute Gasteiger partial charge is 0.504 e. The molecule has 98 valence electrons. The van der Waals surface area contributed by atoms with Gasteiger partial charge in [-0.15, -0.1) is 0 Å². The van der Waals surface area contributed by atoms with Crippen LogP contribution in [0.2, 0.25) is 0 Å². The van der Waals surface area contributed by atoms with Gasteiger partial charge in [0.25, 0.3) is 5.91 Å². The van der Waals surface area contributed by atoms with E-state index in [4.69, 9.17) is 0 Å². The Balaban J connectivity index is 2.28. The Bertz CT molecular complexity index is 614. The van der Waals surface area contributed by atoms with Gasteiger partial charge < -0.3 is 20.6 Å². The van der Waals surface area contributed by atoms with Crippen molar-refractivity contribution in [3.05, 3.63) is 47.5 Å². The van der Waals surface area contributed by atoms with E-state index in [1.807, 2.05) is 19.1 Å². The molecule has 0 radical (unpaired) electrons. The van der Waals surface area contributed by atoms with Gasteiger partial charge in [0.15, 0.2) is 17.2 Å². The van der Waals surface area contributed by atoms with E-state index < -0.39 is 23.2 Å². The second kappa shape index (κ2) is 4.89. The number of nitrogens with one attached hydrogen (secondary N) is 1. The first-order chi connectivity index (χ1) is 8.99. The highest BCUT2D eigenvalue weighted by atomic mass is 16.3. The number of aryl methyl sites for hydroxylation is 1. The second-order valence-corrected chi connectivity index (χ2v) is 4.13. The number of phenols is 3. The maximum absolute atomic E-state index is 12.0. The summed E-state index contributed by atoms with van der Waals surface area (Å²) in [5.74, 6) is -2.22. The lowest BCUT2D eigenvalue weighted by molar-refractivity contribution is 0.102. The molecule has 0 aliphatic rings. The van der Waals surface area contributed by atoms with Crippen LogP contribution in [-0.2, 0) is 0 Å². The monoisotopic (exact) mass is 259 g/mol. The lowest BCUT2D eigenvalue weighted by atomic mass is 10.1. The van der Waals surface area contributed by atoms with Crippen LogP contribution >= 0.6 is 0 Å². The fraction of sp³-hybridized carbons (Fsp3) is 0.0714. The van der Waals surface area contributed by atoms with Crippen molar-refractivity contribution < 1.29 is 20.1 Å². The van der Waals surface area contributed by atoms with Crippen LogP contribution in [-0.4, -0.2) is 21.2 Å². The number of carbonyl (C=O) groups is 1. The summed E-state index contributed by atoms with van der Waals surface area (Å²) in [6.45, 7) is 1.85. The minimum absolute atomic E-state index is 0.0519. The van der Waals surface area contributed by atoms with E-state index in [0.29, 0.717) is 5.69 Å². The van der Waals surface area contributed by atoms with Gasteiger partial charge in [-0.05, 0) is 30.7 Å². The summed E-state index contributed by atoms with van der Waals surface area (Å²) in [6, 6.07) is 9.40. The molecule has 0 spiro atoms. The normalized spacial score (nSPS) is 10.2. The third kappa shape index (κ3) is 2.60. The Hall–Kier alpha value is -2.69. The molecule has 0 unspecified atom stereocenters. The van der Waals surface area contributed by atoms with Gasteiger partial charge in [-0.1, -0.05) is 18.2 Å². The molecule has 0 saturated carbocycles. The van der Waals surface area contributed by atoms with Crippen molar-refractivity contribution in [2.45, 2.75) is 6.92 Å². The molecule has 0 aromatic heterocycles. The van der Waals surface area contributed by atoms with Gasteiger partial charge in [0.1, 0.15) is 0 Å². The zero-order valence-corrected chi connectivity index (χ0v) is 10.2. The van der Waals surface area contributed by atoms with E-state index in [1.54, 1.807) is 12.1 Å². The number of carbonyl (C=O) groups excluding carboxylic acids is 1. The number of hydrogen-bond donors (Lipinski definition) is 4. The summed E-state index contributed by atoms with van der Waals surface area (Å²) in [7, 11) is 0. The number of hydrogen-bond acceptors (Lipinski definition) is 4. The van der Waals surface area contributed by atoms with Gasteiger partial charge >= 0.3 is 0 Å². The van der Waals surface area contributed by atoms with Gasteiger partial charge in [-0.25, -0.2) is 0 Å². The van der Waals surface area contributed by atoms with Gasteiger partial charge in [-0.3, -0.25) is 4.79 Å². The van der Waals surface area contributed by atoms with E-state index >= 15 is 0 Å². The maximum atomic E-state index is 12.0. The molecule has 2 aromatic carbocycles. The van der Waals surface area contributed by atoms with E-state index in [1.165, 1.54) is 0 Å². The topological polar surface area (TPSA) is 89.8 Å². The Morgan fingerprint density at radius 2 is 1.63 bits per heavy atom. The van der Waals surface area contributed by atoms with Crippen LogP contribution in [0.1, 0.15) is 15.9 Å². The minimum atomic E-state index is -0.646. The van der Waals surface area contributed by atoms with Crippen molar-refractivity contribution in [1.82, 2.24) is 0 Å². The average Bonchev–Trinajstić information content (AvgIpc) is 2.38. The first-order valence-electron chi connectivity index (χ1n) is 5.61. The van der Waals surface area contributed by atoms with Gasteiger partial charge in [-0.2, -0.15) is 0 Å². The SMILES string of the molecule is Cc1ccccc1NC(=O)c1cc(O)c(O)c(O)c1. The Morgan fingerprint density at radius 1 is 1.05 bits per heavy atom. The molecule has 0 atom stereocenters. The molecule has 1 amide bonds. The molecule has 4 N–H and O–H groups in total. The Kier molecular flexibility index (Phi) is 3.29. The van der Waals surface area contributed by atoms with Crippen LogP contribution in [0, 0.1) is 6.92 Å². The molecule has 0 bridgehead atoms. The van der Waals surface area contributed by atoms with Crippen molar-refractivity contribution >= 4 is 11.6 Å². The molecule has 0 saturated heterocycles. The van der Waals surface area contributed by atoms with E-state index in [0.717, 1.165) is 17.7 Å². The number of phenolic OH excluding ortho intramolecular Hbond substituents is 3. The lowest BCUT2D eigenvalue weighted by Gasteiger charge is -2.09. The van der Waals surface area contributed by atoms with Crippen LogP contribution in [0.15, 0.2) is 36.4 Å². The number of aromatic hydroxyl groups is 3. The average molecular weight is 259 g/mol. The van der Waals surface area contributed by atoms with Crippen molar-refractivity contribution in [1.29, 1.82) is 0 Å². The smallest absolute Gasteiger partial charge is 0.255 e. The fourth-order valence-corrected chi connectivity index (χ4v) is 1.64. The molecule has 0 heterocycles. The Morgan fingerprint density at radius 3 is 2.21 bits per heavy atom. The van der Waals surface area contributed by atoms with E-state index in [-0.39, 0.29) is 5.56 Å². The minimum Gasteiger partial charge on any atom is -0.504 e. The molecule has 19 heavy (non-hydrogen) atoms. The van der Waals surface area contributed by atoms with Gasteiger partial charge in [0, 0.05) is 11.3 Å². The highest BCUT2D eigenvalue weighted by Crippen LogP contribution is 2.35. The molecule has 5 heteroatoms. The van der Waals surface area contributed by atoms with Crippen molar-refractivity contribution in [2.75, 3.05) is 5.32 Å². The first-order valence-corrected chi connectivity index (χ1v) is 5.61. The predicted molar refractivity (Wildman–Crippen MR) is 70.6 cm³/mol. The molecule has 2 rings (SSSR count). The molecular formula is C14H13NO4. The quantitative estimate of drug-likeness (QED) is 0.623. The lowest BCUT2D eigenvalue weighted by Crippen LogP contribution is -2.12. The van der Waals surface area contributed by atoms with E-state index in [2.05, 4.69) is 5.32 Å². The zero-order chi connectivity index (χ0) is 14.0. The summed E-state index contributed by atoms with van der Waals surface area (Å²) in [5, 5.41) is 30.6. The van der Waals surface area contributed by atoms with Crippen LogP contribution < -0.4 is 5.32 Å². The second-order valence-electron chi connectivity index (χ2n) is 4.13. The van der Waals surface area contributed by atoms with Crippen LogP contribution in [0.4, 0.5) is 5.69 Å². The number of para-hydroxylation sites is 1. The van der Waals surface area contributed by atoms with Crippen molar-refractivity contribution in [3.8, 4) is 17.2 Å². The summed E-state index contributed by atoms with van der Waals surface area (Å²) in [5.41, 5.74) is 1.58. The van der Waals surface area contributed by atoms with E-state index in [9.17, 15) is 20.1 Å². The summed E-state index contributed by atoms with van der Waals surface area (Å²) < 4.78 is 0. The molecule has 0 aliphatic carbocycles. The van der Waals surface area contributed by atoms with Gasteiger partial charge in [0.05, 0.1) is 0 Å².